The highest BCUT2D eigenvalue weighted by Gasteiger charge is 2.28. The lowest BCUT2D eigenvalue weighted by Gasteiger charge is -2.36. The summed E-state index contributed by atoms with van der Waals surface area (Å²) >= 11 is 3.61. The molecule has 0 aliphatic heterocycles. The standard InChI is InChI=1S/C12H26BrNO/c1-6-12(7-2,8-13)10-14(5)9-11(3,4)15/h15H,6-10H2,1-5H3. The Morgan fingerprint density at radius 3 is 1.87 bits per heavy atom. The number of halogens is 1. The monoisotopic (exact) mass is 279 g/mol. The first-order valence-electron chi connectivity index (χ1n) is 5.75. The van der Waals surface area contributed by atoms with Gasteiger partial charge in [0.25, 0.3) is 0 Å². The Morgan fingerprint density at radius 2 is 1.60 bits per heavy atom. The summed E-state index contributed by atoms with van der Waals surface area (Å²) in [6.45, 7) is 9.96. The fraction of sp³-hybridized carbons (Fsp3) is 1.00. The van der Waals surface area contributed by atoms with Gasteiger partial charge in [-0.15, -0.1) is 0 Å². The summed E-state index contributed by atoms with van der Waals surface area (Å²) in [7, 11) is 2.08. The molecule has 92 valence electrons. The minimum atomic E-state index is -0.603. The summed E-state index contributed by atoms with van der Waals surface area (Å²) in [4.78, 5) is 2.23. The van der Waals surface area contributed by atoms with E-state index in [2.05, 4.69) is 41.7 Å². The van der Waals surface area contributed by atoms with Gasteiger partial charge in [0.2, 0.25) is 0 Å². The number of rotatable bonds is 7. The number of aliphatic hydroxyl groups is 1. The molecule has 0 aromatic rings. The van der Waals surface area contributed by atoms with Gasteiger partial charge in [0.15, 0.2) is 0 Å². The largest absolute Gasteiger partial charge is 0.389 e. The Bertz CT molecular complexity index is 165. The average molecular weight is 280 g/mol. The number of hydrogen-bond donors (Lipinski definition) is 1. The second kappa shape index (κ2) is 6.21. The number of hydrogen-bond acceptors (Lipinski definition) is 2. The molecule has 0 rings (SSSR count). The van der Waals surface area contributed by atoms with Gasteiger partial charge in [0.05, 0.1) is 5.60 Å². The molecule has 0 saturated heterocycles. The Balaban J connectivity index is 4.29. The molecule has 0 heterocycles. The molecule has 0 saturated carbocycles. The Morgan fingerprint density at radius 1 is 1.13 bits per heavy atom. The molecule has 1 N–H and O–H groups in total. The van der Waals surface area contributed by atoms with Crippen molar-refractivity contribution in [3.8, 4) is 0 Å². The number of nitrogens with zero attached hydrogens (tertiary/aromatic N) is 1. The minimum absolute atomic E-state index is 0.347. The van der Waals surface area contributed by atoms with Crippen LogP contribution in [0.25, 0.3) is 0 Å². The van der Waals surface area contributed by atoms with Gasteiger partial charge in [-0.25, -0.2) is 0 Å². The summed E-state index contributed by atoms with van der Waals surface area (Å²) in [5.74, 6) is 0. The summed E-state index contributed by atoms with van der Waals surface area (Å²) in [6, 6.07) is 0. The van der Waals surface area contributed by atoms with E-state index in [1.165, 1.54) is 12.8 Å². The van der Waals surface area contributed by atoms with Gasteiger partial charge < -0.3 is 10.0 Å². The van der Waals surface area contributed by atoms with Crippen molar-refractivity contribution in [2.45, 2.75) is 46.1 Å². The second-order valence-electron chi connectivity index (χ2n) is 5.33. The van der Waals surface area contributed by atoms with Crippen LogP contribution in [0.3, 0.4) is 0 Å². The van der Waals surface area contributed by atoms with Gasteiger partial charge in [-0.05, 0) is 39.2 Å². The first-order valence-corrected chi connectivity index (χ1v) is 6.87. The Labute approximate surface area is 103 Å². The van der Waals surface area contributed by atoms with Crippen LogP contribution in [0.15, 0.2) is 0 Å². The van der Waals surface area contributed by atoms with Crippen LogP contribution < -0.4 is 0 Å². The van der Waals surface area contributed by atoms with Crippen molar-refractivity contribution in [2.24, 2.45) is 5.41 Å². The van der Waals surface area contributed by atoms with Gasteiger partial charge in [0, 0.05) is 18.4 Å². The zero-order valence-electron chi connectivity index (χ0n) is 10.8. The molecule has 0 aliphatic rings. The van der Waals surface area contributed by atoms with Crippen LogP contribution in [0.5, 0.6) is 0 Å². The average Bonchev–Trinajstić information content (AvgIpc) is 2.11. The highest BCUT2D eigenvalue weighted by atomic mass is 79.9. The molecule has 0 fully saturated rings. The maximum absolute atomic E-state index is 9.75. The van der Waals surface area contributed by atoms with Crippen LogP contribution in [-0.2, 0) is 0 Å². The van der Waals surface area contributed by atoms with E-state index < -0.39 is 5.60 Å². The van der Waals surface area contributed by atoms with Gasteiger partial charge in [0.1, 0.15) is 0 Å². The maximum Gasteiger partial charge on any atom is 0.0718 e. The molecule has 0 aromatic carbocycles. The van der Waals surface area contributed by atoms with Crippen molar-refractivity contribution in [3.63, 3.8) is 0 Å². The van der Waals surface area contributed by atoms with Gasteiger partial charge in [-0.2, -0.15) is 0 Å². The molecule has 0 atom stereocenters. The molecule has 2 nitrogen and oxygen atoms in total. The van der Waals surface area contributed by atoms with E-state index in [4.69, 9.17) is 0 Å². The van der Waals surface area contributed by atoms with Crippen LogP contribution in [0.2, 0.25) is 0 Å². The van der Waals surface area contributed by atoms with Gasteiger partial charge in [-0.3, -0.25) is 0 Å². The van der Waals surface area contributed by atoms with Crippen LogP contribution in [-0.4, -0.2) is 41.1 Å². The Hall–Kier alpha value is 0.400. The van der Waals surface area contributed by atoms with Crippen LogP contribution in [0.4, 0.5) is 0 Å². The third-order valence-corrected chi connectivity index (χ3v) is 4.24. The van der Waals surface area contributed by atoms with Crippen LogP contribution >= 0.6 is 15.9 Å². The predicted molar refractivity (Wildman–Crippen MR) is 70.6 cm³/mol. The fourth-order valence-corrected chi connectivity index (χ4v) is 2.96. The van der Waals surface area contributed by atoms with Crippen molar-refractivity contribution in [2.75, 3.05) is 25.5 Å². The first-order chi connectivity index (χ1) is 6.78. The molecule has 0 bridgehead atoms. The van der Waals surface area contributed by atoms with E-state index in [-0.39, 0.29) is 0 Å². The molecule has 0 aliphatic carbocycles. The lowest BCUT2D eigenvalue weighted by atomic mass is 9.84. The molecule has 3 heteroatoms. The lowest BCUT2D eigenvalue weighted by Crippen LogP contribution is -2.43. The summed E-state index contributed by atoms with van der Waals surface area (Å²) in [6.07, 6.45) is 2.34. The molecule has 0 radical (unpaired) electrons. The molecule has 0 aromatic heterocycles. The molecule has 0 amide bonds. The van der Waals surface area contributed by atoms with Crippen molar-refractivity contribution >= 4 is 15.9 Å². The minimum Gasteiger partial charge on any atom is -0.389 e. The third kappa shape index (κ3) is 5.88. The molecule has 15 heavy (non-hydrogen) atoms. The Kier molecular flexibility index (Phi) is 6.38. The lowest BCUT2D eigenvalue weighted by molar-refractivity contribution is 0.0317. The summed E-state index contributed by atoms with van der Waals surface area (Å²) in [5.41, 5.74) is -0.256. The SMILES string of the molecule is CCC(CC)(CBr)CN(C)CC(C)(C)O. The number of alkyl halides is 1. The quantitative estimate of drug-likeness (QED) is 0.725. The third-order valence-electron chi connectivity index (χ3n) is 3.05. The van der Waals surface area contributed by atoms with Crippen molar-refractivity contribution in [1.82, 2.24) is 4.90 Å². The summed E-state index contributed by atoms with van der Waals surface area (Å²) in [5, 5.41) is 10.8. The number of likely N-dealkylation sites (N-methyl/N-ethyl adjacent to an activating group) is 1. The van der Waals surface area contributed by atoms with Gasteiger partial charge >= 0.3 is 0 Å². The zero-order chi connectivity index (χ0) is 12.1. The van der Waals surface area contributed by atoms with E-state index in [0.717, 1.165) is 18.4 Å². The van der Waals surface area contributed by atoms with Crippen molar-refractivity contribution in [3.05, 3.63) is 0 Å². The highest BCUT2D eigenvalue weighted by Crippen LogP contribution is 2.29. The zero-order valence-corrected chi connectivity index (χ0v) is 12.4. The molecular formula is C12H26BrNO. The smallest absolute Gasteiger partial charge is 0.0718 e. The topological polar surface area (TPSA) is 23.5 Å². The fourth-order valence-electron chi connectivity index (χ4n) is 1.99. The van der Waals surface area contributed by atoms with Crippen LogP contribution in [0.1, 0.15) is 40.5 Å². The normalized spacial score (nSPS) is 13.6. The molecule has 0 spiro atoms. The predicted octanol–water partition coefficient (Wildman–Crippen LogP) is 2.89. The van der Waals surface area contributed by atoms with Gasteiger partial charge in [-0.1, -0.05) is 29.8 Å². The van der Waals surface area contributed by atoms with E-state index in [1.54, 1.807) is 0 Å². The summed E-state index contributed by atoms with van der Waals surface area (Å²) < 4.78 is 0. The second-order valence-corrected chi connectivity index (χ2v) is 5.89. The molecule has 0 unspecified atom stereocenters. The first kappa shape index (κ1) is 15.4. The van der Waals surface area contributed by atoms with E-state index in [1.807, 2.05) is 13.8 Å². The maximum atomic E-state index is 9.75. The molecular weight excluding hydrogens is 254 g/mol. The van der Waals surface area contributed by atoms with Crippen molar-refractivity contribution < 1.29 is 5.11 Å². The van der Waals surface area contributed by atoms with E-state index in [0.29, 0.717) is 5.41 Å². The van der Waals surface area contributed by atoms with E-state index in [9.17, 15) is 5.11 Å². The van der Waals surface area contributed by atoms with Crippen LogP contribution in [0, 0.1) is 5.41 Å². The van der Waals surface area contributed by atoms with Crippen molar-refractivity contribution in [1.29, 1.82) is 0 Å². The highest BCUT2D eigenvalue weighted by molar-refractivity contribution is 9.09. The van der Waals surface area contributed by atoms with E-state index >= 15 is 0 Å².